The lowest BCUT2D eigenvalue weighted by Crippen LogP contribution is -2.44. The number of piperidine rings is 1. The number of thiophene rings is 1. The van der Waals surface area contributed by atoms with E-state index in [1.54, 1.807) is 25.1 Å². The maximum Gasteiger partial charge on any atom is 0.341 e. The zero-order chi connectivity index (χ0) is 25.2. The summed E-state index contributed by atoms with van der Waals surface area (Å²) in [4.78, 5) is 27.0. The maximum absolute atomic E-state index is 13.2. The van der Waals surface area contributed by atoms with Gasteiger partial charge in [-0.3, -0.25) is 4.79 Å². The van der Waals surface area contributed by atoms with Crippen molar-refractivity contribution in [3.63, 3.8) is 0 Å². The Morgan fingerprint density at radius 1 is 1.17 bits per heavy atom. The number of amides is 1. The fourth-order valence-corrected chi connectivity index (χ4v) is 7.83. The fourth-order valence-electron chi connectivity index (χ4n) is 4.63. The van der Waals surface area contributed by atoms with Crippen LogP contribution in [0.2, 0.25) is 10.0 Å². The first-order valence-corrected chi connectivity index (χ1v) is 14.9. The Morgan fingerprint density at radius 2 is 1.94 bits per heavy atom. The van der Waals surface area contributed by atoms with Gasteiger partial charge in [-0.25, -0.2) is 17.5 Å². The molecule has 0 bridgehead atoms. The molecule has 1 atom stereocenters. The lowest BCUT2D eigenvalue weighted by atomic mass is 9.95. The van der Waals surface area contributed by atoms with Gasteiger partial charge < -0.3 is 10.1 Å². The highest BCUT2D eigenvalue weighted by Crippen LogP contribution is 2.39. The summed E-state index contributed by atoms with van der Waals surface area (Å²) >= 11 is 13.4. The number of hydrogen-bond donors (Lipinski definition) is 1. The van der Waals surface area contributed by atoms with Crippen molar-refractivity contribution >= 4 is 61.4 Å². The van der Waals surface area contributed by atoms with Gasteiger partial charge in [-0.15, -0.1) is 11.3 Å². The highest BCUT2D eigenvalue weighted by atomic mass is 35.5. The molecule has 0 spiro atoms. The number of benzene rings is 1. The first-order valence-electron chi connectivity index (χ1n) is 11.7. The third kappa shape index (κ3) is 6.02. The number of carbonyl (C=O) groups excluding carboxylic acids is 2. The second-order valence-corrected chi connectivity index (χ2v) is 12.7. The summed E-state index contributed by atoms with van der Waals surface area (Å²) < 4.78 is 32.8. The van der Waals surface area contributed by atoms with E-state index in [1.807, 2.05) is 0 Å². The molecule has 2 aromatic rings. The number of sulfonamides is 1. The topological polar surface area (TPSA) is 92.8 Å². The quantitative estimate of drug-likeness (QED) is 0.466. The first kappa shape index (κ1) is 26.4. The van der Waals surface area contributed by atoms with E-state index < -0.39 is 21.9 Å². The minimum absolute atomic E-state index is 0.0926. The molecule has 1 aromatic heterocycles. The summed E-state index contributed by atoms with van der Waals surface area (Å²) in [5, 5.41) is 4.11. The number of aryl methyl sites for hydroxylation is 1. The average Bonchev–Trinajstić information content (AvgIpc) is 3.19. The number of halogens is 2. The van der Waals surface area contributed by atoms with Gasteiger partial charge in [0.2, 0.25) is 15.9 Å². The van der Waals surface area contributed by atoms with Crippen molar-refractivity contribution in [3.05, 3.63) is 49.8 Å². The number of anilines is 1. The second kappa shape index (κ2) is 11.2. The van der Waals surface area contributed by atoms with E-state index in [9.17, 15) is 18.0 Å². The predicted molar refractivity (Wildman–Crippen MR) is 139 cm³/mol. The van der Waals surface area contributed by atoms with Crippen molar-refractivity contribution in [1.29, 1.82) is 0 Å². The van der Waals surface area contributed by atoms with E-state index in [0.29, 0.717) is 45.6 Å². The Hall–Kier alpha value is -1.65. The van der Waals surface area contributed by atoms with E-state index in [2.05, 4.69) is 5.32 Å². The smallest absolute Gasteiger partial charge is 0.341 e. The number of esters is 1. The van der Waals surface area contributed by atoms with Crippen LogP contribution < -0.4 is 5.32 Å². The summed E-state index contributed by atoms with van der Waals surface area (Å²) in [7, 11) is -3.66. The monoisotopic (exact) mass is 558 g/mol. The Bertz CT molecular complexity index is 1230. The molecule has 1 aliphatic heterocycles. The molecule has 1 N–H and O–H groups in total. The van der Waals surface area contributed by atoms with Crippen LogP contribution in [0.25, 0.3) is 0 Å². The molecule has 2 heterocycles. The maximum atomic E-state index is 13.2. The molecule has 1 aliphatic carbocycles. The van der Waals surface area contributed by atoms with Gasteiger partial charge in [0.1, 0.15) is 5.00 Å². The first-order chi connectivity index (χ1) is 16.7. The molecule has 190 valence electrons. The Kier molecular flexibility index (Phi) is 8.43. The van der Waals surface area contributed by atoms with E-state index in [1.165, 1.54) is 15.6 Å². The molecule has 1 fully saturated rings. The Balaban J connectivity index is 1.48. The predicted octanol–water partition coefficient (Wildman–Crippen LogP) is 5.29. The number of ether oxygens (including phenoxy) is 1. The molecular weight excluding hydrogens is 531 g/mol. The molecule has 0 radical (unpaired) electrons. The van der Waals surface area contributed by atoms with Crippen LogP contribution in [0.15, 0.2) is 18.2 Å². The molecule has 0 saturated carbocycles. The number of carbonyl (C=O) groups is 2. The van der Waals surface area contributed by atoms with Gasteiger partial charge in [0, 0.05) is 18.0 Å². The number of fused-ring (bicyclic) bond motifs is 1. The van der Waals surface area contributed by atoms with Gasteiger partial charge in [-0.2, -0.15) is 0 Å². The molecule has 35 heavy (non-hydrogen) atoms. The molecule has 11 heteroatoms. The van der Waals surface area contributed by atoms with E-state index >= 15 is 0 Å². The minimum Gasteiger partial charge on any atom is -0.462 e. The van der Waals surface area contributed by atoms with E-state index in [4.69, 9.17) is 27.9 Å². The lowest BCUT2D eigenvalue weighted by Gasteiger charge is -2.31. The molecular formula is C24H28Cl2N2O5S2. The van der Waals surface area contributed by atoms with Crippen molar-refractivity contribution in [2.45, 2.75) is 51.2 Å². The van der Waals surface area contributed by atoms with Crippen LogP contribution in [0.3, 0.4) is 0 Å². The van der Waals surface area contributed by atoms with Crippen molar-refractivity contribution < 1.29 is 22.7 Å². The van der Waals surface area contributed by atoms with Gasteiger partial charge in [0.25, 0.3) is 0 Å². The Morgan fingerprint density at radius 3 is 2.69 bits per heavy atom. The van der Waals surface area contributed by atoms with Crippen molar-refractivity contribution in [1.82, 2.24) is 4.31 Å². The van der Waals surface area contributed by atoms with Gasteiger partial charge in [0.15, 0.2) is 0 Å². The van der Waals surface area contributed by atoms with Crippen LogP contribution >= 0.6 is 34.5 Å². The zero-order valence-corrected chi connectivity index (χ0v) is 22.6. The molecule has 1 saturated heterocycles. The van der Waals surface area contributed by atoms with Gasteiger partial charge >= 0.3 is 5.97 Å². The standard InChI is InChI=1S/C24H28Cl2N2O5S2/c1-2-33-24(30)21-17-7-3-4-8-20(17)34-23(21)27-22(29)16-6-5-11-28(13-16)35(31,32)14-15-9-10-18(25)19(26)12-15/h9-10,12,16H,2-8,11,13-14H2,1H3,(H,27,29)/t16-/m1/s1. The van der Waals surface area contributed by atoms with Crippen LogP contribution in [0.4, 0.5) is 5.00 Å². The largest absolute Gasteiger partial charge is 0.462 e. The zero-order valence-electron chi connectivity index (χ0n) is 19.4. The van der Waals surface area contributed by atoms with Crippen molar-refractivity contribution in [3.8, 4) is 0 Å². The van der Waals surface area contributed by atoms with Crippen LogP contribution in [-0.4, -0.2) is 44.3 Å². The SMILES string of the molecule is CCOC(=O)c1c(NC(=O)[C@@H]2CCCN(S(=O)(=O)Cc3ccc(Cl)c(Cl)c3)C2)sc2c1CCCC2. The average molecular weight is 560 g/mol. The normalized spacial score (nSPS) is 18.7. The lowest BCUT2D eigenvalue weighted by molar-refractivity contribution is -0.120. The number of nitrogens with one attached hydrogen (secondary N) is 1. The number of nitrogens with zero attached hydrogens (tertiary/aromatic N) is 1. The van der Waals surface area contributed by atoms with Gasteiger partial charge in [-0.05, 0) is 68.7 Å². The second-order valence-electron chi connectivity index (χ2n) is 8.83. The summed E-state index contributed by atoms with van der Waals surface area (Å²) in [6.07, 6.45) is 4.87. The third-order valence-electron chi connectivity index (χ3n) is 6.37. The molecule has 4 rings (SSSR count). The van der Waals surface area contributed by atoms with Crippen molar-refractivity contribution in [2.75, 3.05) is 25.0 Å². The highest BCUT2D eigenvalue weighted by Gasteiger charge is 2.34. The molecule has 1 aromatic carbocycles. The van der Waals surface area contributed by atoms with Gasteiger partial charge in [-0.1, -0.05) is 29.3 Å². The highest BCUT2D eigenvalue weighted by molar-refractivity contribution is 7.88. The summed E-state index contributed by atoms with van der Waals surface area (Å²) in [5.74, 6) is -1.43. The molecule has 0 unspecified atom stereocenters. The van der Waals surface area contributed by atoms with Crippen LogP contribution in [-0.2, 0) is 38.1 Å². The number of rotatable bonds is 7. The molecule has 7 nitrogen and oxygen atoms in total. The summed E-state index contributed by atoms with van der Waals surface area (Å²) in [6.45, 7) is 2.46. The van der Waals surface area contributed by atoms with E-state index in [-0.39, 0.29) is 24.8 Å². The third-order valence-corrected chi connectivity index (χ3v) is 10.1. The van der Waals surface area contributed by atoms with Crippen LogP contribution in [0, 0.1) is 5.92 Å². The summed E-state index contributed by atoms with van der Waals surface area (Å²) in [6, 6.07) is 4.75. The van der Waals surface area contributed by atoms with Crippen LogP contribution in [0.1, 0.15) is 59.0 Å². The van der Waals surface area contributed by atoms with Crippen LogP contribution in [0.5, 0.6) is 0 Å². The number of hydrogen-bond acceptors (Lipinski definition) is 6. The molecule has 2 aliphatic rings. The molecule has 1 amide bonds. The van der Waals surface area contributed by atoms with Crippen molar-refractivity contribution in [2.24, 2.45) is 5.92 Å². The summed E-state index contributed by atoms with van der Waals surface area (Å²) in [5.41, 5.74) is 1.97. The fraction of sp³-hybridized carbons (Fsp3) is 0.500. The minimum atomic E-state index is -3.66. The Labute approximate surface area is 219 Å². The van der Waals surface area contributed by atoms with E-state index in [0.717, 1.165) is 36.1 Å². The van der Waals surface area contributed by atoms with Gasteiger partial charge in [0.05, 0.1) is 33.9 Å².